The molecule has 0 saturated carbocycles. The Labute approximate surface area is 128 Å². The number of amides is 1. The molecule has 0 atom stereocenters. The third-order valence-corrected chi connectivity index (χ3v) is 3.54. The van der Waals surface area contributed by atoms with Crippen LogP contribution in [-0.2, 0) is 0 Å². The average molecular weight is 361 g/mol. The zero-order valence-electron chi connectivity index (χ0n) is 9.45. The molecule has 0 saturated heterocycles. The molecule has 19 heavy (non-hydrogen) atoms. The van der Waals surface area contributed by atoms with Crippen molar-refractivity contribution in [1.29, 1.82) is 0 Å². The molecule has 0 aliphatic heterocycles. The van der Waals surface area contributed by atoms with Crippen LogP contribution in [0.25, 0.3) is 0 Å². The second kappa shape index (κ2) is 5.82. The van der Waals surface area contributed by atoms with Crippen LogP contribution >= 0.6 is 39.1 Å². The SMILES string of the molecule is O=C(Nc1cc(Cl)ccc1Br)c1cc(Cl)ccc1O. The monoisotopic (exact) mass is 359 g/mol. The molecular formula is C13H8BrCl2NO2. The van der Waals surface area contributed by atoms with Crippen LogP contribution in [0, 0.1) is 0 Å². The van der Waals surface area contributed by atoms with E-state index in [9.17, 15) is 9.90 Å². The quantitative estimate of drug-likeness (QED) is 0.814. The van der Waals surface area contributed by atoms with Gasteiger partial charge in [-0.25, -0.2) is 0 Å². The summed E-state index contributed by atoms with van der Waals surface area (Å²) in [5, 5.41) is 13.2. The van der Waals surface area contributed by atoms with Crippen LogP contribution in [0.15, 0.2) is 40.9 Å². The molecule has 0 bridgehead atoms. The van der Waals surface area contributed by atoms with Crippen molar-refractivity contribution in [2.45, 2.75) is 0 Å². The Kier molecular flexibility index (Phi) is 4.34. The molecular weight excluding hydrogens is 353 g/mol. The van der Waals surface area contributed by atoms with Crippen LogP contribution in [0.5, 0.6) is 5.75 Å². The first-order chi connectivity index (χ1) is 8.97. The van der Waals surface area contributed by atoms with Crippen LogP contribution in [0.1, 0.15) is 10.4 Å². The Morgan fingerprint density at radius 2 is 1.74 bits per heavy atom. The highest BCUT2D eigenvalue weighted by atomic mass is 79.9. The summed E-state index contributed by atoms with van der Waals surface area (Å²) in [7, 11) is 0. The van der Waals surface area contributed by atoms with Gasteiger partial charge >= 0.3 is 0 Å². The summed E-state index contributed by atoms with van der Waals surface area (Å²) in [6.45, 7) is 0. The van der Waals surface area contributed by atoms with Crippen molar-refractivity contribution in [2.75, 3.05) is 5.32 Å². The molecule has 0 aliphatic carbocycles. The van der Waals surface area contributed by atoms with Crippen molar-refractivity contribution in [3.05, 3.63) is 56.5 Å². The Morgan fingerprint density at radius 3 is 2.47 bits per heavy atom. The normalized spacial score (nSPS) is 10.3. The van der Waals surface area contributed by atoms with E-state index in [4.69, 9.17) is 23.2 Å². The minimum atomic E-state index is -0.469. The van der Waals surface area contributed by atoms with E-state index in [1.807, 2.05) is 0 Å². The van der Waals surface area contributed by atoms with Crippen molar-refractivity contribution in [3.8, 4) is 5.75 Å². The van der Waals surface area contributed by atoms with Crippen LogP contribution < -0.4 is 5.32 Å². The molecule has 0 spiro atoms. The number of aromatic hydroxyl groups is 1. The van der Waals surface area contributed by atoms with E-state index in [-0.39, 0.29) is 11.3 Å². The van der Waals surface area contributed by atoms with E-state index in [0.29, 0.717) is 20.2 Å². The Morgan fingerprint density at radius 1 is 1.11 bits per heavy atom. The van der Waals surface area contributed by atoms with E-state index in [1.54, 1.807) is 18.2 Å². The molecule has 0 radical (unpaired) electrons. The molecule has 0 aromatic heterocycles. The summed E-state index contributed by atoms with van der Waals surface area (Å²) in [5.74, 6) is -0.608. The van der Waals surface area contributed by atoms with E-state index in [0.717, 1.165) is 0 Å². The smallest absolute Gasteiger partial charge is 0.259 e. The van der Waals surface area contributed by atoms with E-state index < -0.39 is 5.91 Å². The zero-order chi connectivity index (χ0) is 14.0. The molecule has 2 aromatic carbocycles. The first kappa shape index (κ1) is 14.2. The molecule has 3 nitrogen and oxygen atoms in total. The minimum absolute atomic E-state index is 0.0966. The van der Waals surface area contributed by atoms with Gasteiger partial charge in [0.15, 0.2) is 0 Å². The third kappa shape index (κ3) is 3.41. The lowest BCUT2D eigenvalue weighted by Crippen LogP contribution is -2.12. The van der Waals surface area contributed by atoms with Gasteiger partial charge in [-0.1, -0.05) is 23.2 Å². The molecule has 0 fully saturated rings. The summed E-state index contributed by atoms with van der Waals surface area (Å²) in [6, 6.07) is 9.27. The van der Waals surface area contributed by atoms with Crippen molar-refractivity contribution < 1.29 is 9.90 Å². The van der Waals surface area contributed by atoms with E-state index in [2.05, 4.69) is 21.2 Å². The van der Waals surface area contributed by atoms with Gasteiger partial charge < -0.3 is 10.4 Å². The number of benzene rings is 2. The highest BCUT2D eigenvalue weighted by Gasteiger charge is 2.13. The first-order valence-corrected chi connectivity index (χ1v) is 6.77. The maximum atomic E-state index is 12.1. The van der Waals surface area contributed by atoms with Gasteiger partial charge in [-0.2, -0.15) is 0 Å². The average Bonchev–Trinajstić information content (AvgIpc) is 2.36. The van der Waals surface area contributed by atoms with Gasteiger partial charge in [0.05, 0.1) is 11.3 Å². The molecule has 0 heterocycles. The van der Waals surface area contributed by atoms with Crippen LogP contribution in [0.2, 0.25) is 10.0 Å². The number of anilines is 1. The predicted octanol–water partition coefficient (Wildman–Crippen LogP) is 4.71. The summed E-state index contributed by atoms with van der Waals surface area (Å²) < 4.78 is 0.687. The highest BCUT2D eigenvalue weighted by molar-refractivity contribution is 9.10. The zero-order valence-corrected chi connectivity index (χ0v) is 12.6. The maximum absolute atomic E-state index is 12.1. The fourth-order valence-electron chi connectivity index (χ4n) is 1.47. The van der Waals surface area contributed by atoms with Crippen molar-refractivity contribution in [1.82, 2.24) is 0 Å². The molecule has 2 rings (SSSR count). The molecule has 2 aromatic rings. The second-order valence-electron chi connectivity index (χ2n) is 3.74. The van der Waals surface area contributed by atoms with Gasteiger partial charge in [-0.3, -0.25) is 4.79 Å². The molecule has 6 heteroatoms. The summed E-state index contributed by atoms with van der Waals surface area (Å²) in [5.41, 5.74) is 0.608. The number of carbonyl (C=O) groups excluding carboxylic acids is 1. The van der Waals surface area contributed by atoms with Gasteiger partial charge in [-0.15, -0.1) is 0 Å². The highest BCUT2D eigenvalue weighted by Crippen LogP contribution is 2.28. The molecule has 2 N–H and O–H groups in total. The van der Waals surface area contributed by atoms with Gasteiger partial charge in [-0.05, 0) is 52.3 Å². The van der Waals surface area contributed by atoms with Crippen LogP contribution in [-0.4, -0.2) is 11.0 Å². The van der Waals surface area contributed by atoms with Crippen LogP contribution in [0.4, 0.5) is 5.69 Å². The maximum Gasteiger partial charge on any atom is 0.259 e. The number of hydrogen-bond acceptors (Lipinski definition) is 2. The second-order valence-corrected chi connectivity index (χ2v) is 5.47. The largest absolute Gasteiger partial charge is 0.507 e. The predicted molar refractivity (Wildman–Crippen MR) is 80.2 cm³/mol. The summed E-state index contributed by atoms with van der Waals surface area (Å²) in [6.07, 6.45) is 0. The van der Waals surface area contributed by atoms with Crippen molar-refractivity contribution >= 4 is 50.7 Å². The van der Waals surface area contributed by atoms with Gasteiger partial charge in [0.2, 0.25) is 0 Å². The van der Waals surface area contributed by atoms with Gasteiger partial charge in [0, 0.05) is 14.5 Å². The molecule has 98 valence electrons. The fourth-order valence-corrected chi connectivity index (χ4v) is 2.16. The number of phenols is 1. The fraction of sp³-hybridized carbons (Fsp3) is 0. The number of carbonyl (C=O) groups is 1. The van der Waals surface area contributed by atoms with Crippen molar-refractivity contribution in [2.24, 2.45) is 0 Å². The molecule has 0 aliphatic rings. The standard InChI is InChI=1S/C13H8BrCl2NO2/c14-10-3-1-8(16)6-11(10)17-13(19)9-5-7(15)2-4-12(9)18/h1-6,18H,(H,17,19). The number of rotatable bonds is 2. The molecule has 0 unspecified atom stereocenters. The van der Waals surface area contributed by atoms with E-state index >= 15 is 0 Å². The number of halogens is 3. The van der Waals surface area contributed by atoms with Gasteiger partial charge in [0.25, 0.3) is 5.91 Å². The van der Waals surface area contributed by atoms with Gasteiger partial charge in [0.1, 0.15) is 5.75 Å². The van der Waals surface area contributed by atoms with Crippen molar-refractivity contribution in [3.63, 3.8) is 0 Å². The van der Waals surface area contributed by atoms with Crippen LogP contribution in [0.3, 0.4) is 0 Å². The molecule has 1 amide bonds. The number of hydrogen-bond donors (Lipinski definition) is 2. The Hall–Kier alpha value is -1.23. The number of phenolic OH excluding ortho intramolecular Hbond substituents is 1. The Balaban J connectivity index is 2.30. The lowest BCUT2D eigenvalue weighted by atomic mass is 10.2. The number of nitrogens with one attached hydrogen (secondary N) is 1. The minimum Gasteiger partial charge on any atom is -0.507 e. The summed E-state index contributed by atoms with van der Waals surface area (Å²) in [4.78, 5) is 12.1. The Bertz CT molecular complexity index is 647. The lowest BCUT2D eigenvalue weighted by Gasteiger charge is -2.09. The first-order valence-electron chi connectivity index (χ1n) is 5.22. The lowest BCUT2D eigenvalue weighted by molar-refractivity contribution is 0.102. The third-order valence-electron chi connectivity index (χ3n) is 2.38. The van der Waals surface area contributed by atoms with E-state index in [1.165, 1.54) is 18.2 Å². The summed E-state index contributed by atoms with van der Waals surface area (Å²) >= 11 is 15.0. The topological polar surface area (TPSA) is 49.3 Å².